The average molecular weight is 338 g/mol. The first-order chi connectivity index (χ1) is 11.7. The van der Waals surface area contributed by atoms with Gasteiger partial charge >= 0.3 is 0 Å². The third-order valence-electron chi connectivity index (χ3n) is 6.38. The van der Waals surface area contributed by atoms with Gasteiger partial charge in [0.05, 0.1) is 23.9 Å². The van der Waals surface area contributed by atoms with E-state index in [0.29, 0.717) is 18.5 Å². The number of hydrogen-bond acceptors (Lipinski definition) is 4. The van der Waals surface area contributed by atoms with E-state index in [0.717, 1.165) is 25.7 Å². The molecule has 0 aromatic carbocycles. The smallest absolute Gasteiger partial charge is 0.293 e. The molecule has 1 aliphatic carbocycles. The molecule has 0 spiro atoms. The Balaban J connectivity index is 1.65. The molecular formula is C20H34O4. The van der Waals surface area contributed by atoms with E-state index in [1.807, 2.05) is 0 Å². The lowest BCUT2D eigenvalue weighted by Gasteiger charge is -2.54. The van der Waals surface area contributed by atoms with Gasteiger partial charge in [-0.2, -0.15) is 0 Å². The summed E-state index contributed by atoms with van der Waals surface area (Å²) in [6, 6.07) is 0. The Morgan fingerprint density at radius 3 is 2.83 bits per heavy atom. The van der Waals surface area contributed by atoms with E-state index < -0.39 is 0 Å². The molecule has 3 fully saturated rings. The first-order valence-corrected chi connectivity index (χ1v) is 10.1. The molecule has 0 bridgehead atoms. The first kappa shape index (κ1) is 18.2. The van der Waals surface area contributed by atoms with Gasteiger partial charge in [0.2, 0.25) is 0 Å². The highest BCUT2D eigenvalue weighted by Crippen LogP contribution is 2.47. The molecule has 3 aliphatic rings. The fourth-order valence-electron chi connectivity index (χ4n) is 5.04. The summed E-state index contributed by atoms with van der Waals surface area (Å²) in [6.07, 6.45) is 13.1. The molecular weight excluding hydrogens is 304 g/mol. The summed E-state index contributed by atoms with van der Waals surface area (Å²) < 4.78 is 18.4. The van der Waals surface area contributed by atoms with Crippen LogP contribution in [0.25, 0.3) is 0 Å². The number of carbonyl (C=O) groups excluding carboxylic acids is 1. The normalized spacial score (nSPS) is 42.0. The number of carbonyl (C=O) groups is 1. The molecule has 4 heteroatoms. The Bertz CT molecular complexity index is 412. The van der Waals surface area contributed by atoms with E-state index in [2.05, 4.69) is 13.8 Å². The highest BCUT2D eigenvalue weighted by Gasteiger charge is 2.53. The van der Waals surface area contributed by atoms with Gasteiger partial charge in [0.1, 0.15) is 6.10 Å². The molecule has 4 nitrogen and oxygen atoms in total. The van der Waals surface area contributed by atoms with Gasteiger partial charge in [-0.3, -0.25) is 4.79 Å². The zero-order chi connectivity index (χ0) is 17.0. The van der Waals surface area contributed by atoms with Gasteiger partial charge in [-0.15, -0.1) is 0 Å². The Morgan fingerprint density at radius 2 is 2.04 bits per heavy atom. The van der Waals surface area contributed by atoms with Crippen LogP contribution >= 0.6 is 0 Å². The molecule has 2 saturated heterocycles. The lowest BCUT2D eigenvalue weighted by molar-refractivity contribution is -0.283. The van der Waals surface area contributed by atoms with Gasteiger partial charge in [-0.1, -0.05) is 45.4 Å². The predicted octanol–water partition coefficient (Wildman–Crippen LogP) is 4.39. The van der Waals surface area contributed by atoms with Crippen LogP contribution in [0, 0.1) is 5.92 Å². The fourth-order valence-corrected chi connectivity index (χ4v) is 5.04. The van der Waals surface area contributed by atoms with Gasteiger partial charge in [0.25, 0.3) is 6.47 Å². The van der Waals surface area contributed by atoms with E-state index in [-0.39, 0.29) is 23.9 Å². The van der Waals surface area contributed by atoms with Crippen molar-refractivity contribution in [1.29, 1.82) is 0 Å². The molecule has 2 heterocycles. The second-order valence-electron chi connectivity index (χ2n) is 8.24. The minimum absolute atomic E-state index is 0.0250. The monoisotopic (exact) mass is 338 g/mol. The zero-order valence-corrected chi connectivity index (χ0v) is 15.4. The van der Waals surface area contributed by atoms with Crippen molar-refractivity contribution in [3.63, 3.8) is 0 Å². The van der Waals surface area contributed by atoms with E-state index in [1.54, 1.807) is 0 Å². The molecule has 138 valence electrons. The quantitative estimate of drug-likeness (QED) is 0.510. The largest absolute Gasteiger partial charge is 0.462 e. The fraction of sp³-hybridized carbons (Fsp3) is 0.950. The van der Waals surface area contributed by atoms with Crippen molar-refractivity contribution in [2.45, 2.75) is 114 Å². The molecule has 0 N–H and O–H groups in total. The first-order valence-electron chi connectivity index (χ1n) is 10.1. The van der Waals surface area contributed by atoms with Crippen LogP contribution in [0.1, 0.15) is 84.5 Å². The summed E-state index contributed by atoms with van der Waals surface area (Å²) in [7, 11) is 0. The number of fused-ring (bicyclic) bond motifs is 2. The summed E-state index contributed by atoms with van der Waals surface area (Å²) in [5.41, 5.74) is -0.212. The standard InChI is InChI=1S/C20H34O4/c1-3-4-5-6-11-17-18(22-14-21)12-19-20(2,24-17)13-15-9-7-8-10-16(15)23-19/h14-19H,3-13H2,1-2H3/t15-,16+,17-,18+,19-,20+/m0/s1. The summed E-state index contributed by atoms with van der Waals surface area (Å²) in [4.78, 5) is 10.9. The van der Waals surface area contributed by atoms with Crippen LogP contribution in [0.3, 0.4) is 0 Å². The Hall–Kier alpha value is -0.610. The molecule has 24 heavy (non-hydrogen) atoms. The number of unbranched alkanes of at least 4 members (excludes halogenated alkanes) is 3. The minimum atomic E-state index is -0.212. The maximum absolute atomic E-state index is 10.9. The lowest BCUT2D eigenvalue weighted by Crippen LogP contribution is -2.61. The van der Waals surface area contributed by atoms with Crippen LogP contribution in [0.15, 0.2) is 0 Å². The van der Waals surface area contributed by atoms with Crippen molar-refractivity contribution in [1.82, 2.24) is 0 Å². The number of ether oxygens (including phenoxy) is 3. The van der Waals surface area contributed by atoms with E-state index in [9.17, 15) is 4.79 Å². The van der Waals surface area contributed by atoms with E-state index >= 15 is 0 Å². The van der Waals surface area contributed by atoms with Crippen molar-refractivity contribution in [2.24, 2.45) is 5.92 Å². The summed E-state index contributed by atoms with van der Waals surface area (Å²) in [6.45, 7) is 5.03. The molecule has 6 atom stereocenters. The summed E-state index contributed by atoms with van der Waals surface area (Å²) >= 11 is 0. The topological polar surface area (TPSA) is 44.8 Å². The zero-order valence-electron chi connectivity index (χ0n) is 15.4. The highest BCUT2D eigenvalue weighted by atomic mass is 16.6. The van der Waals surface area contributed by atoms with Crippen molar-refractivity contribution < 1.29 is 19.0 Å². The van der Waals surface area contributed by atoms with Crippen LogP contribution in [0.4, 0.5) is 0 Å². The second kappa shape index (κ2) is 8.18. The van der Waals surface area contributed by atoms with Crippen molar-refractivity contribution in [2.75, 3.05) is 0 Å². The number of rotatable bonds is 7. The minimum Gasteiger partial charge on any atom is -0.462 e. The number of hydrogen-bond donors (Lipinski definition) is 0. The Kier molecular flexibility index (Phi) is 6.20. The second-order valence-corrected chi connectivity index (χ2v) is 8.24. The van der Waals surface area contributed by atoms with Crippen LogP contribution in [-0.2, 0) is 19.0 Å². The molecule has 0 aromatic rings. The molecule has 2 aliphatic heterocycles. The van der Waals surface area contributed by atoms with Crippen molar-refractivity contribution in [3.05, 3.63) is 0 Å². The maximum Gasteiger partial charge on any atom is 0.293 e. The van der Waals surface area contributed by atoms with Gasteiger partial charge in [-0.25, -0.2) is 0 Å². The highest BCUT2D eigenvalue weighted by molar-refractivity contribution is 5.37. The molecule has 0 unspecified atom stereocenters. The third-order valence-corrected chi connectivity index (χ3v) is 6.38. The summed E-state index contributed by atoms with van der Waals surface area (Å²) in [5, 5.41) is 0. The van der Waals surface area contributed by atoms with Crippen LogP contribution in [0.5, 0.6) is 0 Å². The molecule has 0 aromatic heterocycles. The van der Waals surface area contributed by atoms with Gasteiger partial charge < -0.3 is 14.2 Å². The predicted molar refractivity (Wildman–Crippen MR) is 92.8 cm³/mol. The van der Waals surface area contributed by atoms with Crippen molar-refractivity contribution >= 4 is 6.47 Å². The van der Waals surface area contributed by atoms with Gasteiger partial charge in [0.15, 0.2) is 0 Å². The van der Waals surface area contributed by atoms with Crippen LogP contribution in [-0.4, -0.2) is 36.5 Å². The SMILES string of the molecule is CCCCCC[C@@H]1O[C@]2(C)C[C@@H]3CCCC[C@H]3O[C@H]2C[C@H]1OC=O. The van der Waals surface area contributed by atoms with Crippen molar-refractivity contribution in [3.8, 4) is 0 Å². The van der Waals surface area contributed by atoms with Gasteiger partial charge in [-0.05, 0) is 38.5 Å². The van der Waals surface area contributed by atoms with Crippen LogP contribution in [0.2, 0.25) is 0 Å². The summed E-state index contributed by atoms with van der Waals surface area (Å²) in [5.74, 6) is 0.643. The van der Waals surface area contributed by atoms with E-state index in [1.165, 1.54) is 44.9 Å². The molecule has 0 radical (unpaired) electrons. The Morgan fingerprint density at radius 1 is 1.21 bits per heavy atom. The lowest BCUT2D eigenvalue weighted by atomic mass is 9.72. The third kappa shape index (κ3) is 3.96. The van der Waals surface area contributed by atoms with Gasteiger partial charge in [0, 0.05) is 6.42 Å². The maximum atomic E-state index is 10.9. The average Bonchev–Trinajstić information content (AvgIpc) is 2.57. The Labute approximate surface area is 146 Å². The molecule has 0 amide bonds. The van der Waals surface area contributed by atoms with Crippen LogP contribution < -0.4 is 0 Å². The molecule has 1 saturated carbocycles. The molecule has 3 rings (SSSR count). The van der Waals surface area contributed by atoms with E-state index in [4.69, 9.17) is 14.2 Å².